The van der Waals surface area contributed by atoms with Crippen LogP contribution in [0.1, 0.15) is 26.7 Å². The maximum Gasteiger partial charge on any atom is 0.329 e. The molecule has 0 aromatic rings. The number of carbonyl (C=O) groups is 2. The molecule has 0 heterocycles. The molecule has 0 rings (SSSR count). The number of amides is 2. The summed E-state index contributed by atoms with van der Waals surface area (Å²) in [5.41, 5.74) is -1.32. The lowest BCUT2D eigenvalue weighted by Gasteiger charge is -2.24. The van der Waals surface area contributed by atoms with Crippen LogP contribution in [0, 0.1) is 0 Å². The number of aliphatic carboxylic acids is 1. The van der Waals surface area contributed by atoms with Crippen LogP contribution in [-0.2, 0) is 14.6 Å². The van der Waals surface area contributed by atoms with Crippen molar-refractivity contribution >= 4 is 21.8 Å². The summed E-state index contributed by atoms with van der Waals surface area (Å²) in [7, 11) is -3.04. The van der Waals surface area contributed by atoms with Gasteiger partial charge in [-0.2, -0.15) is 0 Å². The number of hydrogen-bond donors (Lipinski definition) is 3. The molecule has 0 aromatic heterocycles. The molecule has 7 nitrogen and oxygen atoms in total. The van der Waals surface area contributed by atoms with E-state index in [1.165, 1.54) is 6.92 Å². The van der Waals surface area contributed by atoms with E-state index in [1.54, 1.807) is 6.92 Å². The van der Waals surface area contributed by atoms with Crippen LogP contribution in [0.15, 0.2) is 0 Å². The van der Waals surface area contributed by atoms with E-state index in [0.29, 0.717) is 6.42 Å². The second-order valence-electron chi connectivity index (χ2n) is 4.36. The summed E-state index contributed by atoms with van der Waals surface area (Å²) in [4.78, 5) is 22.3. The molecule has 0 saturated carbocycles. The molecule has 2 amide bonds. The van der Waals surface area contributed by atoms with Gasteiger partial charge in [0.2, 0.25) is 0 Å². The largest absolute Gasteiger partial charge is 0.480 e. The minimum Gasteiger partial charge on any atom is -0.480 e. The highest BCUT2D eigenvalue weighted by atomic mass is 32.2. The summed E-state index contributed by atoms with van der Waals surface area (Å²) < 4.78 is 21.7. The van der Waals surface area contributed by atoms with Crippen LogP contribution in [0.2, 0.25) is 0 Å². The van der Waals surface area contributed by atoms with Crippen molar-refractivity contribution in [3.8, 4) is 0 Å². The maximum atomic E-state index is 11.4. The van der Waals surface area contributed by atoms with Crippen LogP contribution >= 0.6 is 0 Å². The van der Waals surface area contributed by atoms with Gasteiger partial charge in [-0.1, -0.05) is 6.92 Å². The summed E-state index contributed by atoms with van der Waals surface area (Å²) in [5.74, 6) is -1.13. The van der Waals surface area contributed by atoms with Gasteiger partial charge < -0.3 is 15.7 Å². The van der Waals surface area contributed by atoms with Gasteiger partial charge in [0.25, 0.3) is 0 Å². The van der Waals surface area contributed by atoms with Gasteiger partial charge >= 0.3 is 12.0 Å². The van der Waals surface area contributed by atoms with Crippen LogP contribution < -0.4 is 10.6 Å². The first kappa shape index (κ1) is 16.7. The van der Waals surface area contributed by atoms with Crippen LogP contribution in [0.4, 0.5) is 4.79 Å². The summed E-state index contributed by atoms with van der Waals surface area (Å²) in [6.45, 7) is 3.24. The molecule has 0 aromatic carbocycles. The number of rotatable bonds is 7. The molecule has 106 valence electrons. The summed E-state index contributed by atoms with van der Waals surface area (Å²) in [5, 5.41) is 13.7. The molecule has 3 N–H and O–H groups in total. The van der Waals surface area contributed by atoms with Crippen molar-refractivity contribution in [3.63, 3.8) is 0 Å². The highest BCUT2D eigenvalue weighted by Crippen LogP contribution is 2.08. The molecule has 0 aliphatic carbocycles. The van der Waals surface area contributed by atoms with Crippen molar-refractivity contribution in [1.82, 2.24) is 10.6 Å². The van der Waals surface area contributed by atoms with Gasteiger partial charge in [0.05, 0.1) is 5.75 Å². The third-order valence-corrected chi connectivity index (χ3v) is 3.58. The van der Waals surface area contributed by atoms with Gasteiger partial charge in [-0.25, -0.2) is 18.0 Å². The third-order valence-electron chi connectivity index (χ3n) is 2.55. The lowest BCUT2D eigenvalue weighted by atomic mass is 10.00. The SMILES string of the molecule is CCC(C)(NC(=O)NCCCS(C)(=O)=O)C(=O)O. The average molecular weight is 280 g/mol. The van der Waals surface area contributed by atoms with Crippen LogP contribution in [0.3, 0.4) is 0 Å². The van der Waals surface area contributed by atoms with E-state index in [9.17, 15) is 18.0 Å². The molecule has 0 aliphatic rings. The fraction of sp³-hybridized carbons (Fsp3) is 0.800. The fourth-order valence-corrected chi connectivity index (χ4v) is 1.79. The Hall–Kier alpha value is -1.31. The van der Waals surface area contributed by atoms with Crippen molar-refractivity contribution < 1.29 is 23.1 Å². The Morgan fingerprint density at radius 3 is 2.28 bits per heavy atom. The van der Waals surface area contributed by atoms with E-state index < -0.39 is 27.4 Å². The number of urea groups is 1. The molecular weight excluding hydrogens is 260 g/mol. The number of carbonyl (C=O) groups excluding carboxylic acids is 1. The lowest BCUT2D eigenvalue weighted by Crippen LogP contribution is -2.54. The molecule has 0 bridgehead atoms. The van der Waals surface area contributed by atoms with Crippen LogP contribution in [0.5, 0.6) is 0 Å². The second-order valence-corrected chi connectivity index (χ2v) is 6.61. The molecule has 18 heavy (non-hydrogen) atoms. The summed E-state index contributed by atoms with van der Waals surface area (Å²) in [6.07, 6.45) is 1.66. The normalized spacial score (nSPS) is 14.6. The van der Waals surface area contributed by atoms with Gasteiger partial charge in [0.1, 0.15) is 15.4 Å². The van der Waals surface area contributed by atoms with E-state index in [-0.39, 0.29) is 18.7 Å². The number of carboxylic acid groups (broad SMARTS) is 1. The van der Waals surface area contributed by atoms with E-state index in [1.807, 2.05) is 0 Å². The molecule has 0 spiro atoms. The second kappa shape index (κ2) is 6.58. The average Bonchev–Trinajstić information content (AvgIpc) is 2.22. The monoisotopic (exact) mass is 280 g/mol. The zero-order valence-electron chi connectivity index (χ0n) is 10.8. The van der Waals surface area contributed by atoms with E-state index in [0.717, 1.165) is 6.26 Å². The number of hydrogen-bond acceptors (Lipinski definition) is 4. The molecule has 8 heteroatoms. The molecule has 0 fully saturated rings. The van der Waals surface area contributed by atoms with E-state index >= 15 is 0 Å². The predicted octanol–water partition coefficient (Wildman–Crippen LogP) is -0.0264. The quantitative estimate of drug-likeness (QED) is 0.567. The van der Waals surface area contributed by atoms with Crippen LogP contribution in [-0.4, -0.2) is 49.6 Å². The van der Waals surface area contributed by atoms with Gasteiger partial charge in [0, 0.05) is 12.8 Å². The number of nitrogens with one attached hydrogen (secondary N) is 2. The Morgan fingerprint density at radius 1 is 1.33 bits per heavy atom. The van der Waals surface area contributed by atoms with Crippen molar-refractivity contribution in [1.29, 1.82) is 0 Å². The van der Waals surface area contributed by atoms with Gasteiger partial charge in [0.15, 0.2) is 0 Å². The Labute approximate surface area is 107 Å². The first-order valence-electron chi connectivity index (χ1n) is 5.58. The highest BCUT2D eigenvalue weighted by Gasteiger charge is 2.32. The molecular formula is C10H20N2O5S. The zero-order chi connectivity index (χ0) is 14.4. The Balaban J connectivity index is 4.09. The summed E-state index contributed by atoms with van der Waals surface area (Å²) >= 11 is 0. The lowest BCUT2D eigenvalue weighted by molar-refractivity contribution is -0.143. The minimum absolute atomic E-state index is 0.0166. The summed E-state index contributed by atoms with van der Waals surface area (Å²) in [6, 6.07) is -0.616. The van der Waals surface area contributed by atoms with E-state index in [4.69, 9.17) is 5.11 Å². The molecule has 0 aliphatic heterocycles. The van der Waals surface area contributed by atoms with Crippen molar-refractivity contribution in [2.45, 2.75) is 32.2 Å². The van der Waals surface area contributed by atoms with Crippen molar-refractivity contribution in [3.05, 3.63) is 0 Å². The Morgan fingerprint density at radius 2 is 1.89 bits per heavy atom. The van der Waals surface area contributed by atoms with Crippen LogP contribution in [0.25, 0.3) is 0 Å². The Kier molecular flexibility index (Phi) is 6.10. The van der Waals surface area contributed by atoms with Gasteiger partial charge in [-0.3, -0.25) is 0 Å². The molecule has 0 saturated heterocycles. The predicted molar refractivity (Wildman–Crippen MR) is 67.2 cm³/mol. The van der Waals surface area contributed by atoms with E-state index in [2.05, 4.69) is 10.6 Å². The maximum absolute atomic E-state index is 11.4. The first-order valence-corrected chi connectivity index (χ1v) is 7.64. The third kappa shape index (κ3) is 6.43. The first-order chi connectivity index (χ1) is 8.10. The highest BCUT2D eigenvalue weighted by molar-refractivity contribution is 7.90. The number of sulfone groups is 1. The Bertz CT molecular complexity index is 406. The standard InChI is InChI=1S/C10H20N2O5S/c1-4-10(2,8(13)14)12-9(15)11-6-5-7-18(3,16)17/h4-7H2,1-3H3,(H,13,14)(H2,11,12,15). The van der Waals surface area contributed by atoms with Gasteiger partial charge in [-0.05, 0) is 19.8 Å². The minimum atomic E-state index is -3.04. The number of carboxylic acids is 1. The zero-order valence-corrected chi connectivity index (χ0v) is 11.6. The molecule has 1 atom stereocenters. The van der Waals surface area contributed by atoms with Crippen molar-refractivity contribution in [2.24, 2.45) is 0 Å². The molecule has 0 radical (unpaired) electrons. The fourth-order valence-electron chi connectivity index (χ4n) is 1.12. The smallest absolute Gasteiger partial charge is 0.329 e. The topological polar surface area (TPSA) is 113 Å². The van der Waals surface area contributed by atoms with Crippen molar-refractivity contribution in [2.75, 3.05) is 18.6 Å². The van der Waals surface area contributed by atoms with Gasteiger partial charge in [-0.15, -0.1) is 0 Å². The molecule has 1 unspecified atom stereocenters.